The molecule has 5 heteroatoms. The molecule has 2 bridgehead atoms. The third-order valence-corrected chi connectivity index (χ3v) is 4.78. The molecule has 1 aromatic carbocycles. The summed E-state index contributed by atoms with van der Waals surface area (Å²) < 4.78 is 11.0. The summed E-state index contributed by atoms with van der Waals surface area (Å²) in [6.07, 6.45) is 0. The first-order chi connectivity index (χ1) is 10.6. The van der Waals surface area contributed by atoms with E-state index in [0.29, 0.717) is 13.2 Å². The molecule has 5 nitrogen and oxygen atoms in total. The highest BCUT2D eigenvalue weighted by Gasteiger charge is 2.33. The molecule has 22 heavy (non-hydrogen) atoms. The largest absolute Gasteiger partial charge is 0.496 e. The van der Waals surface area contributed by atoms with Crippen LogP contribution in [0.15, 0.2) is 12.1 Å². The van der Waals surface area contributed by atoms with Gasteiger partial charge in [0.25, 0.3) is 0 Å². The number of methoxy groups -OCH3 is 1. The van der Waals surface area contributed by atoms with Crippen LogP contribution in [0.1, 0.15) is 16.7 Å². The van der Waals surface area contributed by atoms with Gasteiger partial charge in [0.2, 0.25) is 5.91 Å². The normalized spacial score (nSPS) is 25.5. The number of rotatable bonds is 3. The van der Waals surface area contributed by atoms with E-state index in [1.54, 1.807) is 7.11 Å². The minimum Gasteiger partial charge on any atom is -0.496 e. The summed E-state index contributed by atoms with van der Waals surface area (Å²) in [5, 5.41) is 3.08. The number of carbonyl (C=O) groups is 1. The number of nitrogens with zero attached hydrogens (tertiary/aromatic N) is 1. The number of carbonyl (C=O) groups excluding carboxylic acids is 1. The van der Waals surface area contributed by atoms with Crippen molar-refractivity contribution in [2.45, 2.75) is 26.4 Å². The summed E-state index contributed by atoms with van der Waals surface area (Å²) in [6.45, 7) is 7.82. The van der Waals surface area contributed by atoms with Crippen LogP contribution in [0.25, 0.3) is 0 Å². The topological polar surface area (TPSA) is 50.8 Å². The van der Waals surface area contributed by atoms with Gasteiger partial charge in [0.1, 0.15) is 5.75 Å². The second-order valence-corrected chi connectivity index (χ2v) is 6.31. The Morgan fingerprint density at radius 2 is 2.09 bits per heavy atom. The second kappa shape index (κ2) is 6.26. The van der Waals surface area contributed by atoms with E-state index in [-0.39, 0.29) is 17.9 Å². The fraction of sp³-hybridized carbons (Fsp3) is 0.588. The van der Waals surface area contributed by atoms with Crippen molar-refractivity contribution >= 4 is 5.91 Å². The standard InChI is InChI=1S/C17H24N2O3/c1-11-12(2)16(21-3)5-4-13(11)6-19-7-14-9-22-10-15(8-19)18-17(14)20/h4-5,14-15H,6-10H2,1-3H3,(H,18,20)/t14-,15+/m1/s1. The Balaban J connectivity index is 1.79. The molecule has 0 saturated carbocycles. The number of amides is 1. The summed E-state index contributed by atoms with van der Waals surface area (Å²) in [7, 11) is 1.70. The van der Waals surface area contributed by atoms with Gasteiger partial charge in [0.15, 0.2) is 0 Å². The van der Waals surface area contributed by atoms with Gasteiger partial charge in [-0.2, -0.15) is 0 Å². The highest BCUT2D eigenvalue weighted by molar-refractivity contribution is 5.80. The molecule has 120 valence electrons. The van der Waals surface area contributed by atoms with Gasteiger partial charge in [-0.05, 0) is 36.6 Å². The molecule has 2 aliphatic heterocycles. The number of hydrogen-bond acceptors (Lipinski definition) is 4. The number of ether oxygens (including phenoxy) is 2. The van der Waals surface area contributed by atoms with Gasteiger partial charge >= 0.3 is 0 Å². The van der Waals surface area contributed by atoms with Crippen molar-refractivity contribution in [3.05, 3.63) is 28.8 Å². The molecule has 2 fully saturated rings. The Morgan fingerprint density at radius 1 is 1.27 bits per heavy atom. The average molecular weight is 304 g/mol. The predicted octanol–water partition coefficient (Wildman–Crippen LogP) is 1.26. The molecule has 2 heterocycles. The first kappa shape index (κ1) is 15.3. The van der Waals surface area contributed by atoms with E-state index in [0.717, 1.165) is 25.4 Å². The molecule has 0 aliphatic carbocycles. The van der Waals surface area contributed by atoms with Crippen molar-refractivity contribution in [1.82, 2.24) is 10.2 Å². The Kier molecular flexibility index (Phi) is 4.36. The van der Waals surface area contributed by atoms with Crippen LogP contribution in [0.3, 0.4) is 0 Å². The Morgan fingerprint density at radius 3 is 2.86 bits per heavy atom. The molecular weight excluding hydrogens is 280 g/mol. The minimum absolute atomic E-state index is 0.0628. The van der Waals surface area contributed by atoms with E-state index in [2.05, 4.69) is 30.1 Å². The summed E-state index contributed by atoms with van der Waals surface area (Å²) in [5.41, 5.74) is 3.75. The zero-order valence-corrected chi connectivity index (χ0v) is 13.5. The molecule has 2 saturated heterocycles. The maximum Gasteiger partial charge on any atom is 0.227 e. The highest BCUT2D eigenvalue weighted by Crippen LogP contribution is 2.25. The molecule has 0 aromatic heterocycles. The SMILES string of the molecule is COc1ccc(CN2C[C@H]3COC[C@@H](C2)C(=O)N3)c(C)c1C. The summed E-state index contributed by atoms with van der Waals surface area (Å²) in [4.78, 5) is 14.4. The minimum atomic E-state index is -0.0628. The smallest absolute Gasteiger partial charge is 0.227 e. The average Bonchev–Trinajstić information content (AvgIpc) is 2.73. The number of benzene rings is 1. The van der Waals surface area contributed by atoms with E-state index in [1.807, 2.05) is 6.07 Å². The fourth-order valence-corrected chi connectivity index (χ4v) is 3.34. The Bertz CT molecular complexity index is 573. The molecule has 0 spiro atoms. The summed E-state index contributed by atoms with van der Waals surface area (Å²) >= 11 is 0. The van der Waals surface area contributed by atoms with Gasteiger partial charge in [-0.1, -0.05) is 6.07 Å². The van der Waals surface area contributed by atoms with Crippen LogP contribution in [0.4, 0.5) is 0 Å². The van der Waals surface area contributed by atoms with Gasteiger partial charge in [-0.15, -0.1) is 0 Å². The van der Waals surface area contributed by atoms with Crippen LogP contribution in [0.2, 0.25) is 0 Å². The van der Waals surface area contributed by atoms with Gasteiger partial charge in [-0.3, -0.25) is 9.69 Å². The first-order valence-corrected chi connectivity index (χ1v) is 7.82. The fourth-order valence-electron chi connectivity index (χ4n) is 3.34. The van der Waals surface area contributed by atoms with Crippen LogP contribution < -0.4 is 10.1 Å². The maximum absolute atomic E-state index is 12.1. The third-order valence-electron chi connectivity index (χ3n) is 4.78. The quantitative estimate of drug-likeness (QED) is 0.913. The van der Waals surface area contributed by atoms with Crippen LogP contribution in [0, 0.1) is 19.8 Å². The molecule has 3 rings (SSSR count). The van der Waals surface area contributed by atoms with Crippen molar-refractivity contribution in [2.75, 3.05) is 33.4 Å². The third kappa shape index (κ3) is 2.96. The molecule has 2 atom stereocenters. The Labute approximate surface area is 131 Å². The van der Waals surface area contributed by atoms with Gasteiger partial charge in [0.05, 0.1) is 32.3 Å². The van der Waals surface area contributed by atoms with Crippen LogP contribution >= 0.6 is 0 Å². The Hall–Kier alpha value is -1.59. The van der Waals surface area contributed by atoms with E-state index in [9.17, 15) is 4.79 Å². The molecule has 2 aliphatic rings. The molecular formula is C17H24N2O3. The second-order valence-electron chi connectivity index (χ2n) is 6.31. The predicted molar refractivity (Wildman–Crippen MR) is 84.0 cm³/mol. The first-order valence-electron chi connectivity index (χ1n) is 7.82. The van der Waals surface area contributed by atoms with E-state index < -0.39 is 0 Å². The van der Waals surface area contributed by atoms with Gasteiger partial charge in [-0.25, -0.2) is 0 Å². The molecule has 1 N–H and O–H groups in total. The van der Waals surface area contributed by atoms with E-state index in [4.69, 9.17) is 9.47 Å². The van der Waals surface area contributed by atoms with Gasteiger partial charge < -0.3 is 14.8 Å². The number of hydrogen-bond donors (Lipinski definition) is 1. The molecule has 0 radical (unpaired) electrons. The lowest BCUT2D eigenvalue weighted by Crippen LogP contribution is -2.41. The molecule has 0 unspecified atom stereocenters. The lowest BCUT2D eigenvalue weighted by molar-refractivity contribution is -0.125. The van der Waals surface area contributed by atoms with Crippen molar-refractivity contribution in [2.24, 2.45) is 5.92 Å². The summed E-state index contributed by atoms with van der Waals surface area (Å²) in [6, 6.07) is 4.26. The number of fused-ring (bicyclic) bond motifs is 3. The summed E-state index contributed by atoms with van der Waals surface area (Å²) in [5.74, 6) is 0.999. The van der Waals surface area contributed by atoms with E-state index >= 15 is 0 Å². The van der Waals surface area contributed by atoms with Crippen molar-refractivity contribution in [1.29, 1.82) is 0 Å². The van der Waals surface area contributed by atoms with Crippen molar-refractivity contribution in [3.63, 3.8) is 0 Å². The van der Waals surface area contributed by atoms with E-state index in [1.165, 1.54) is 16.7 Å². The van der Waals surface area contributed by atoms with Crippen LogP contribution in [-0.2, 0) is 16.1 Å². The molecule has 1 aromatic rings. The highest BCUT2D eigenvalue weighted by atomic mass is 16.5. The monoisotopic (exact) mass is 304 g/mol. The van der Waals surface area contributed by atoms with Crippen LogP contribution in [-0.4, -0.2) is 50.3 Å². The van der Waals surface area contributed by atoms with Crippen molar-refractivity contribution < 1.29 is 14.3 Å². The lowest BCUT2D eigenvalue weighted by atomic mass is 10.0. The number of nitrogens with one attached hydrogen (secondary N) is 1. The zero-order chi connectivity index (χ0) is 15.7. The lowest BCUT2D eigenvalue weighted by Gasteiger charge is -2.28. The zero-order valence-electron chi connectivity index (χ0n) is 13.5. The van der Waals surface area contributed by atoms with Crippen LogP contribution in [0.5, 0.6) is 5.75 Å². The maximum atomic E-state index is 12.1. The van der Waals surface area contributed by atoms with Crippen molar-refractivity contribution in [3.8, 4) is 5.75 Å². The molecule has 1 amide bonds. The van der Waals surface area contributed by atoms with Gasteiger partial charge in [0, 0.05) is 19.6 Å².